The molecule has 0 aliphatic heterocycles. The third-order valence-corrected chi connectivity index (χ3v) is 3.99. The van der Waals surface area contributed by atoms with Gasteiger partial charge in [-0.05, 0) is 16.8 Å². The van der Waals surface area contributed by atoms with E-state index in [1.807, 2.05) is 30.3 Å². The third-order valence-electron chi connectivity index (χ3n) is 3.99. The van der Waals surface area contributed by atoms with Crippen molar-refractivity contribution >= 4 is 16.7 Å². The molecule has 6 heteroatoms. The van der Waals surface area contributed by atoms with Crippen LogP contribution in [0.4, 0.5) is 0 Å². The molecule has 0 fully saturated rings. The lowest BCUT2D eigenvalue weighted by atomic mass is 10.1. The lowest BCUT2D eigenvalue weighted by Crippen LogP contribution is -2.38. The molecule has 6 nitrogen and oxygen atoms in total. The molecule has 0 amide bonds. The zero-order valence-corrected chi connectivity index (χ0v) is 13.4. The van der Waals surface area contributed by atoms with Gasteiger partial charge in [-0.2, -0.15) is 0 Å². The molecule has 1 heterocycles. The highest BCUT2D eigenvalue weighted by molar-refractivity contribution is 6.04. The summed E-state index contributed by atoms with van der Waals surface area (Å²) in [6, 6.07) is 14.2. The summed E-state index contributed by atoms with van der Waals surface area (Å²) in [7, 11) is 2.93. The maximum absolute atomic E-state index is 12.4. The molecule has 2 aromatic carbocycles. The highest BCUT2D eigenvalue weighted by Crippen LogP contribution is 2.19. The standard InChI is InChI=1S/C18H16N2O4/c1-19-13(10-16(21)20(2)18(19)23)11-24-17(22)15-9-5-7-12-6-3-4-8-14(12)15/h3-10H,11H2,1-2H3. The van der Waals surface area contributed by atoms with Crippen molar-refractivity contribution in [3.05, 3.63) is 80.6 Å². The van der Waals surface area contributed by atoms with Gasteiger partial charge in [-0.15, -0.1) is 0 Å². The van der Waals surface area contributed by atoms with Gasteiger partial charge in [0.05, 0.1) is 11.3 Å². The molecule has 3 aromatic rings. The predicted molar refractivity (Wildman–Crippen MR) is 90.0 cm³/mol. The van der Waals surface area contributed by atoms with Crippen LogP contribution in [0.25, 0.3) is 10.8 Å². The molecular weight excluding hydrogens is 308 g/mol. The van der Waals surface area contributed by atoms with Gasteiger partial charge in [-0.25, -0.2) is 9.59 Å². The molecule has 0 spiro atoms. The molecular formula is C18H16N2O4. The minimum atomic E-state index is -0.500. The van der Waals surface area contributed by atoms with E-state index in [0.717, 1.165) is 15.3 Å². The molecule has 24 heavy (non-hydrogen) atoms. The van der Waals surface area contributed by atoms with Gasteiger partial charge in [0.15, 0.2) is 0 Å². The van der Waals surface area contributed by atoms with Crippen LogP contribution in [-0.2, 0) is 25.4 Å². The Bertz CT molecular complexity index is 1040. The fourth-order valence-corrected chi connectivity index (χ4v) is 2.54. The second-order valence-corrected chi connectivity index (χ2v) is 5.48. The Balaban J connectivity index is 1.89. The number of hydrogen-bond acceptors (Lipinski definition) is 4. The molecule has 0 atom stereocenters. The SMILES string of the molecule is Cn1c(COC(=O)c2cccc3ccccc23)cc(=O)n(C)c1=O. The first-order valence-electron chi connectivity index (χ1n) is 7.40. The van der Waals surface area contributed by atoms with Crippen LogP contribution in [0.3, 0.4) is 0 Å². The number of benzene rings is 2. The van der Waals surface area contributed by atoms with Gasteiger partial charge in [0.1, 0.15) is 6.61 Å². The van der Waals surface area contributed by atoms with E-state index in [4.69, 9.17) is 4.74 Å². The minimum Gasteiger partial charge on any atom is -0.456 e. The number of esters is 1. The van der Waals surface area contributed by atoms with Gasteiger partial charge in [-0.3, -0.25) is 13.9 Å². The molecule has 1 aromatic heterocycles. The Hall–Kier alpha value is -3.15. The first kappa shape index (κ1) is 15.7. The highest BCUT2D eigenvalue weighted by Gasteiger charge is 2.13. The van der Waals surface area contributed by atoms with Crippen LogP contribution in [0.15, 0.2) is 58.1 Å². The molecule has 0 bridgehead atoms. The van der Waals surface area contributed by atoms with Crippen molar-refractivity contribution in [2.45, 2.75) is 6.61 Å². The molecule has 0 unspecified atom stereocenters. The van der Waals surface area contributed by atoms with E-state index in [2.05, 4.69) is 0 Å². The van der Waals surface area contributed by atoms with Gasteiger partial charge < -0.3 is 4.74 Å². The Morgan fingerprint density at radius 3 is 2.50 bits per heavy atom. The molecule has 0 N–H and O–H groups in total. The summed E-state index contributed by atoms with van der Waals surface area (Å²) in [5.74, 6) is -0.500. The second kappa shape index (κ2) is 6.16. The van der Waals surface area contributed by atoms with Crippen molar-refractivity contribution in [3.63, 3.8) is 0 Å². The van der Waals surface area contributed by atoms with Crippen LogP contribution < -0.4 is 11.2 Å². The summed E-state index contributed by atoms with van der Waals surface area (Å²) in [6.45, 7) is -0.149. The monoisotopic (exact) mass is 324 g/mol. The van der Waals surface area contributed by atoms with Gasteiger partial charge >= 0.3 is 11.7 Å². The summed E-state index contributed by atoms with van der Waals surface area (Å²) < 4.78 is 7.59. The van der Waals surface area contributed by atoms with E-state index in [0.29, 0.717) is 11.3 Å². The topological polar surface area (TPSA) is 70.3 Å². The highest BCUT2D eigenvalue weighted by atomic mass is 16.5. The largest absolute Gasteiger partial charge is 0.456 e. The average molecular weight is 324 g/mol. The van der Waals surface area contributed by atoms with Crippen molar-refractivity contribution in [1.82, 2.24) is 9.13 Å². The molecule has 122 valence electrons. The van der Waals surface area contributed by atoms with Crippen molar-refractivity contribution in [3.8, 4) is 0 Å². The van der Waals surface area contributed by atoms with E-state index in [-0.39, 0.29) is 6.61 Å². The number of nitrogens with zero attached hydrogens (tertiary/aromatic N) is 2. The molecule has 3 rings (SSSR count). The maximum atomic E-state index is 12.4. The van der Waals surface area contributed by atoms with E-state index in [1.165, 1.54) is 24.7 Å². The van der Waals surface area contributed by atoms with Crippen molar-refractivity contribution in [1.29, 1.82) is 0 Å². The zero-order valence-electron chi connectivity index (χ0n) is 13.4. The fourth-order valence-electron chi connectivity index (χ4n) is 2.54. The average Bonchev–Trinajstić information content (AvgIpc) is 2.61. The molecule has 0 aliphatic rings. The normalized spacial score (nSPS) is 10.8. The Morgan fingerprint density at radius 1 is 1.00 bits per heavy atom. The van der Waals surface area contributed by atoms with Crippen LogP contribution >= 0.6 is 0 Å². The van der Waals surface area contributed by atoms with Crippen molar-refractivity contribution in [2.75, 3.05) is 0 Å². The Morgan fingerprint density at radius 2 is 1.71 bits per heavy atom. The zero-order chi connectivity index (χ0) is 17.3. The number of carbonyl (C=O) groups excluding carboxylic acids is 1. The minimum absolute atomic E-state index is 0.149. The van der Waals surface area contributed by atoms with E-state index in [1.54, 1.807) is 12.1 Å². The van der Waals surface area contributed by atoms with Crippen LogP contribution in [-0.4, -0.2) is 15.1 Å². The summed E-state index contributed by atoms with van der Waals surface area (Å²) in [5, 5.41) is 1.73. The van der Waals surface area contributed by atoms with E-state index in [9.17, 15) is 14.4 Å². The van der Waals surface area contributed by atoms with E-state index < -0.39 is 17.2 Å². The van der Waals surface area contributed by atoms with Crippen LogP contribution in [0.5, 0.6) is 0 Å². The van der Waals surface area contributed by atoms with Crippen LogP contribution in [0.2, 0.25) is 0 Å². The second-order valence-electron chi connectivity index (χ2n) is 5.48. The number of carbonyl (C=O) groups is 1. The lowest BCUT2D eigenvalue weighted by Gasteiger charge is -2.11. The summed E-state index contributed by atoms with van der Waals surface area (Å²) in [6.07, 6.45) is 0. The number of rotatable bonds is 3. The molecule has 0 radical (unpaired) electrons. The van der Waals surface area contributed by atoms with Crippen LogP contribution in [0.1, 0.15) is 16.1 Å². The number of fused-ring (bicyclic) bond motifs is 1. The number of ether oxygens (including phenoxy) is 1. The van der Waals surface area contributed by atoms with Gasteiger partial charge in [0, 0.05) is 20.2 Å². The Labute approximate surface area is 137 Å². The lowest BCUT2D eigenvalue weighted by molar-refractivity contribution is 0.0465. The van der Waals surface area contributed by atoms with Gasteiger partial charge in [-0.1, -0.05) is 36.4 Å². The van der Waals surface area contributed by atoms with Crippen LogP contribution in [0, 0.1) is 0 Å². The summed E-state index contributed by atoms with van der Waals surface area (Å²) in [4.78, 5) is 36.0. The van der Waals surface area contributed by atoms with E-state index >= 15 is 0 Å². The first-order chi connectivity index (χ1) is 11.5. The maximum Gasteiger partial charge on any atom is 0.339 e. The molecule has 0 saturated heterocycles. The third kappa shape index (κ3) is 2.74. The Kier molecular flexibility index (Phi) is 4.04. The predicted octanol–water partition coefficient (Wildman–Crippen LogP) is 1.59. The first-order valence-corrected chi connectivity index (χ1v) is 7.40. The number of aromatic nitrogens is 2. The molecule has 0 saturated carbocycles. The molecule has 0 aliphatic carbocycles. The van der Waals surface area contributed by atoms with Crippen molar-refractivity contribution in [2.24, 2.45) is 14.1 Å². The summed E-state index contributed by atoms with van der Waals surface area (Å²) >= 11 is 0. The summed E-state index contributed by atoms with van der Waals surface area (Å²) in [5.41, 5.74) is -0.105. The van der Waals surface area contributed by atoms with Gasteiger partial charge in [0.2, 0.25) is 0 Å². The quantitative estimate of drug-likeness (QED) is 0.686. The fraction of sp³-hybridized carbons (Fsp3) is 0.167. The number of hydrogen-bond donors (Lipinski definition) is 0. The van der Waals surface area contributed by atoms with Gasteiger partial charge in [0.25, 0.3) is 5.56 Å². The van der Waals surface area contributed by atoms with Crippen molar-refractivity contribution < 1.29 is 9.53 Å². The smallest absolute Gasteiger partial charge is 0.339 e.